The van der Waals surface area contributed by atoms with Crippen LogP contribution < -0.4 is 5.32 Å². The molecule has 0 aromatic carbocycles. The Balaban J connectivity index is 2.60. The lowest BCUT2D eigenvalue weighted by Crippen LogP contribution is -2.22. The number of ether oxygens (including phenoxy) is 1. The highest BCUT2D eigenvalue weighted by molar-refractivity contribution is 5.43. The Morgan fingerprint density at radius 2 is 1.80 bits per heavy atom. The summed E-state index contributed by atoms with van der Waals surface area (Å²) in [7, 11) is 1.84. The van der Waals surface area contributed by atoms with Crippen LogP contribution >= 0.6 is 0 Å². The zero-order valence-electron chi connectivity index (χ0n) is 9.88. The molecule has 82 valence electrons. The highest BCUT2D eigenvalue weighted by Gasteiger charge is 2.44. The first kappa shape index (κ1) is 10.4. The molecule has 1 aromatic rings. The minimum Gasteiger partial charge on any atom is -0.372 e. The topological polar surface area (TPSA) is 47.0 Å². The monoisotopic (exact) mass is 207 g/mol. The van der Waals surface area contributed by atoms with Crippen molar-refractivity contribution in [1.82, 2.24) is 10.2 Å². The molecule has 0 unspecified atom stereocenters. The van der Waals surface area contributed by atoms with E-state index in [1.54, 1.807) is 0 Å². The molecule has 2 heterocycles. The predicted molar refractivity (Wildman–Crippen MR) is 58.7 cm³/mol. The average Bonchev–Trinajstić information content (AvgIpc) is 2.32. The number of nitrogens with one attached hydrogen (secondary N) is 1. The minimum absolute atomic E-state index is 0.291. The summed E-state index contributed by atoms with van der Waals surface area (Å²) in [6.45, 7) is 8.16. The number of anilines is 1. The second kappa shape index (κ2) is 2.92. The maximum Gasteiger partial charge on any atom is 0.148 e. The third-order valence-electron chi connectivity index (χ3n) is 2.78. The van der Waals surface area contributed by atoms with Gasteiger partial charge in [-0.2, -0.15) is 5.10 Å². The van der Waals surface area contributed by atoms with Gasteiger partial charge in [-0.05, 0) is 33.8 Å². The number of nitrogens with zero attached hydrogens (tertiary/aromatic N) is 2. The minimum atomic E-state index is -0.349. The summed E-state index contributed by atoms with van der Waals surface area (Å²) in [6, 6.07) is 2.01. The van der Waals surface area contributed by atoms with Crippen LogP contribution in [0.3, 0.4) is 0 Å². The van der Waals surface area contributed by atoms with E-state index in [0.717, 1.165) is 17.1 Å². The summed E-state index contributed by atoms with van der Waals surface area (Å²) in [5.74, 6) is 0.781. The van der Waals surface area contributed by atoms with Crippen molar-refractivity contribution in [2.75, 3.05) is 12.4 Å². The van der Waals surface area contributed by atoms with E-state index < -0.39 is 0 Å². The third kappa shape index (κ3) is 1.49. The van der Waals surface area contributed by atoms with Gasteiger partial charge in [0.1, 0.15) is 17.1 Å². The molecule has 0 amide bonds. The standard InChI is InChI=1S/C11H17N3O/c1-10(2)7-6-8(12-5)13-14-9(7)11(3,4)15-10/h6H,1-5H3,(H,12,13). The van der Waals surface area contributed by atoms with E-state index in [-0.39, 0.29) is 11.2 Å². The molecule has 0 atom stereocenters. The van der Waals surface area contributed by atoms with Crippen LogP contribution in [0.1, 0.15) is 39.0 Å². The number of hydrogen-bond donors (Lipinski definition) is 1. The van der Waals surface area contributed by atoms with Crippen LogP contribution in [0, 0.1) is 0 Å². The molecule has 0 spiro atoms. The Bertz CT molecular complexity index is 399. The molecule has 0 bridgehead atoms. The highest BCUT2D eigenvalue weighted by Crippen LogP contribution is 2.45. The lowest BCUT2D eigenvalue weighted by atomic mass is 9.96. The van der Waals surface area contributed by atoms with E-state index in [9.17, 15) is 0 Å². The molecule has 0 saturated carbocycles. The van der Waals surface area contributed by atoms with Gasteiger partial charge in [-0.3, -0.25) is 0 Å². The van der Waals surface area contributed by atoms with Crippen LogP contribution in [0.4, 0.5) is 5.82 Å². The SMILES string of the molecule is CNc1cc2c(nn1)C(C)(C)OC2(C)C. The summed E-state index contributed by atoms with van der Waals surface area (Å²) in [5, 5.41) is 11.3. The van der Waals surface area contributed by atoms with Crippen molar-refractivity contribution < 1.29 is 4.74 Å². The smallest absolute Gasteiger partial charge is 0.148 e. The quantitative estimate of drug-likeness (QED) is 0.765. The van der Waals surface area contributed by atoms with Crippen LogP contribution in [-0.2, 0) is 15.9 Å². The molecule has 1 N–H and O–H groups in total. The van der Waals surface area contributed by atoms with E-state index in [2.05, 4.69) is 29.4 Å². The van der Waals surface area contributed by atoms with Gasteiger partial charge in [-0.25, -0.2) is 0 Å². The molecule has 2 rings (SSSR count). The molecule has 1 aliphatic rings. The van der Waals surface area contributed by atoms with E-state index in [1.165, 1.54) is 0 Å². The van der Waals surface area contributed by atoms with Crippen molar-refractivity contribution >= 4 is 5.82 Å². The molecule has 0 saturated heterocycles. The Morgan fingerprint density at radius 1 is 1.13 bits per heavy atom. The lowest BCUT2D eigenvalue weighted by molar-refractivity contribution is -0.106. The van der Waals surface area contributed by atoms with Crippen LogP contribution in [0.5, 0.6) is 0 Å². The van der Waals surface area contributed by atoms with Crippen molar-refractivity contribution in [2.24, 2.45) is 0 Å². The molecular formula is C11H17N3O. The largest absolute Gasteiger partial charge is 0.372 e. The predicted octanol–water partition coefficient (Wildman–Crippen LogP) is 2.02. The van der Waals surface area contributed by atoms with Gasteiger partial charge >= 0.3 is 0 Å². The first-order valence-corrected chi connectivity index (χ1v) is 5.13. The number of fused-ring (bicyclic) bond motifs is 1. The number of aromatic nitrogens is 2. The van der Waals surface area contributed by atoms with Crippen LogP contribution in [0.2, 0.25) is 0 Å². The maximum atomic E-state index is 5.98. The van der Waals surface area contributed by atoms with E-state index >= 15 is 0 Å². The fourth-order valence-corrected chi connectivity index (χ4v) is 2.16. The zero-order chi connectivity index (χ0) is 11.3. The zero-order valence-corrected chi connectivity index (χ0v) is 9.88. The molecule has 0 fully saturated rings. The van der Waals surface area contributed by atoms with Gasteiger partial charge in [0.15, 0.2) is 0 Å². The molecule has 0 aliphatic carbocycles. The van der Waals surface area contributed by atoms with Gasteiger partial charge in [-0.1, -0.05) is 0 Å². The Morgan fingerprint density at radius 3 is 2.40 bits per heavy atom. The van der Waals surface area contributed by atoms with Crippen molar-refractivity contribution in [3.8, 4) is 0 Å². The van der Waals surface area contributed by atoms with Gasteiger partial charge in [0.25, 0.3) is 0 Å². The van der Waals surface area contributed by atoms with E-state index in [1.807, 2.05) is 27.0 Å². The summed E-state index contributed by atoms with van der Waals surface area (Å²) < 4.78 is 5.98. The molecular weight excluding hydrogens is 190 g/mol. The van der Waals surface area contributed by atoms with Gasteiger partial charge in [0.05, 0.1) is 5.60 Å². The Hall–Kier alpha value is -1.16. The molecule has 0 radical (unpaired) electrons. The molecule has 4 nitrogen and oxygen atoms in total. The first-order chi connectivity index (χ1) is 6.87. The Labute approximate surface area is 90.1 Å². The van der Waals surface area contributed by atoms with Crippen LogP contribution in [0.25, 0.3) is 0 Å². The molecule has 15 heavy (non-hydrogen) atoms. The molecule has 4 heteroatoms. The summed E-state index contributed by atoms with van der Waals surface area (Å²) >= 11 is 0. The molecule has 1 aromatic heterocycles. The fraction of sp³-hybridized carbons (Fsp3) is 0.636. The van der Waals surface area contributed by atoms with Gasteiger partial charge in [0.2, 0.25) is 0 Å². The van der Waals surface area contributed by atoms with Crippen molar-refractivity contribution in [3.63, 3.8) is 0 Å². The third-order valence-corrected chi connectivity index (χ3v) is 2.78. The van der Waals surface area contributed by atoms with Crippen LogP contribution in [-0.4, -0.2) is 17.2 Å². The first-order valence-electron chi connectivity index (χ1n) is 5.13. The lowest BCUT2D eigenvalue weighted by Gasteiger charge is -2.23. The number of hydrogen-bond acceptors (Lipinski definition) is 4. The van der Waals surface area contributed by atoms with Gasteiger partial charge in [-0.15, -0.1) is 5.10 Å². The van der Waals surface area contributed by atoms with E-state index in [0.29, 0.717) is 0 Å². The van der Waals surface area contributed by atoms with E-state index in [4.69, 9.17) is 4.74 Å². The summed E-state index contributed by atoms with van der Waals surface area (Å²) in [5.41, 5.74) is 1.41. The molecule has 1 aliphatic heterocycles. The van der Waals surface area contributed by atoms with Gasteiger partial charge in [0, 0.05) is 12.6 Å². The normalized spacial score (nSPS) is 21.1. The van der Waals surface area contributed by atoms with Crippen molar-refractivity contribution in [1.29, 1.82) is 0 Å². The van der Waals surface area contributed by atoms with Crippen LogP contribution in [0.15, 0.2) is 6.07 Å². The second-order valence-electron chi connectivity index (χ2n) is 4.86. The maximum absolute atomic E-state index is 5.98. The van der Waals surface area contributed by atoms with Gasteiger partial charge < -0.3 is 10.1 Å². The summed E-state index contributed by atoms with van der Waals surface area (Å²) in [4.78, 5) is 0. The summed E-state index contributed by atoms with van der Waals surface area (Å²) in [6.07, 6.45) is 0. The fourth-order valence-electron chi connectivity index (χ4n) is 2.16. The highest BCUT2D eigenvalue weighted by atomic mass is 16.5. The van der Waals surface area contributed by atoms with Crippen molar-refractivity contribution in [2.45, 2.75) is 38.9 Å². The average molecular weight is 207 g/mol. The van der Waals surface area contributed by atoms with Crippen molar-refractivity contribution in [3.05, 3.63) is 17.3 Å². The number of rotatable bonds is 1. The second-order valence-corrected chi connectivity index (χ2v) is 4.86. The Kier molecular flexibility index (Phi) is 2.01.